The molecule has 0 aliphatic carbocycles. The topological polar surface area (TPSA) is 77.1 Å². The van der Waals surface area contributed by atoms with Gasteiger partial charge in [-0.15, -0.1) is 0 Å². The van der Waals surface area contributed by atoms with Crippen LogP contribution >= 0.6 is 11.6 Å². The molecule has 25 heavy (non-hydrogen) atoms. The molecule has 0 spiro atoms. The van der Waals surface area contributed by atoms with Crippen molar-refractivity contribution in [2.45, 2.75) is 33.4 Å². The molecule has 3 rings (SSSR count). The molecule has 0 bridgehead atoms. The minimum atomic E-state index is -0.193. The first-order valence-electron chi connectivity index (χ1n) is 7.92. The summed E-state index contributed by atoms with van der Waals surface area (Å²) in [6, 6.07) is 7.30. The highest BCUT2D eigenvalue weighted by Gasteiger charge is 2.14. The Morgan fingerprint density at radius 3 is 2.92 bits per heavy atom. The van der Waals surface area contributed by atoms with Gasteiger partial charge in [-0.3, -0.25) is 14.2 Å². The summed E-state index contributed by atoms with van der Waals surface area (Å²) in [7, 11) is 0. The predicted molar refractivity (Wildman–Crippen MR) is 95.7 cm³/mol. The smallest absolute Gasteiger partial charge is 0.264 e. The largest absolute Gasteiger partial charge is 0.443 e. The normalized spacial score (nSPS) is 11.0. The van der Waals surface area contributed by atoms with E-state index in [-0.39, 0.29) is 24.4 Å². The summed E-state index contributed by atoms with van der Waals surface area (Å²) in [5.74, 6) is 0.531. The van der Waals surface area contributed by atoms with Gasteiger partial charge in [0.1, 0.15) is 17.5 Å². The fourth-order valence-electron chi connectivity index (χ4n) is 2.59. The third-order valence-electron chi connectivity index (χ3n) is 4.11. The number of halogens is 1. The molecule has 0 saturated heterocycles. The van der Waals surface area contributed by atoms with Crippen LogP contribution in [-0.4, -0.2) is 15.5 Å². The van der Waals surface area contributed by atoms with Gasteiger partial charge in [-0.2, -0.15) is 0 Å². The fourth-order valence-corrected chi connectivity index (χ4v) is 2.80. The van der Waals surface area contributed by atoms with Crippen molar-refractivity contribution in [2.75, 3.05) is 0 Å². The molecule has 0 radical (unpaired) electrons. The Labute approximate surface area is 149 Å². The molecule has 1 aromatic carbocycles. The molecule has 0 atom stereocenters. The molecule has 2 aromatic heterocycles. The third kappa shape index (κ3) is 3.74. The molecule has 0 saturated carbocycles. The molecule has 7 heteroatoms. The number of hydrogen-bond donors (Lipinski definition) is 1. The fraction of sp³-hybridized carbons (Fsp3) is 0.278. The van der Waals surface area contributed by atoms with Gasteiger partial charge < -0.3 is 9.73 Å². The van der Waals surface area contributed by atoms with Gasteiger partial charge >= 0.3 is 0 Å². The van der Waals surface area contributed by atoms with Gasteiger partial charge in [0.05, 0.1) is 0 Å². The lowest BCUT2D eigenvalue weighted by atomic mass is 10.2. The van der Waals surface area contributed by atoms with Gasteiger partial charge in [-0.05, 0) is 31.5 Å². The summed E-state index contributed by atoms with van der Waals surface area (Å²) >= 11 is 5.92. The number of amides is 1. The second-order valence-corrected chi connectivity index (χ2v) is 6.30. The van der Waals surface area contributed by atoms with Crippen molar-refractivity contribution in [1.29, 1.82) is 0 Å². The molecule has 1 amide bonds. The van der Waals surface area contributed by atoms with Gasteiger partial charge in [-0.1, -0.05) is 23.7 Å². The number of carbonyl (C=O) groups is 1. The van der Waals surface area contributed by atoms with Crippen molar-refractivity contribution in [3.63, 3.8) is 0 Å². The van der Waals surface area contributed by atoms with Crippen molar-refractivity contribution < 1.29 is 9.21 Å². The SMILES string of the molecule is Cc1oc2ncn(CCC(=O)NCc3cccc(Cl)c3)c(=O)c2c1C. The molecule has 0 unspecified atom stereocenters. The van der Waals surface area contributed by atoms with Crippen LogP contribution in [0.3, 0.4) is 0 Å². The first-order chi connectivity index (χ1) is 12.0. The zero-order valence-corrected chi connectivity index (χ0v) is 14.8. The van der Waals surface area contributed by atoms with Gasteiger partial charge in [0.25, 0.3) is 5.56 Å². The molecule has 6 nitrogen and oxygen atoms in total. The Morgan fingerprint density at radius 2 is 2.16 bits per heavy atom. The van der Waals surface area contributed by atoms with E-state index < -0.39 is 0 Å². The van der Waals surface area contributed by atoms with Crippen molar-refractivity contribution in [3.8, 4) is 0 Å². The number of aryl methyl sites for hydroxylation is 3. The van der Waals surface area contributed by atoms with Gasteiger partial charge in [0, 0.05) is 30.1 Å². The highest BCUT2D eigenvalue weighted by molar-refractivity contribution is 6.30. The quantitative estimate of drug-likeness (QED) is 0.759. The minimum Gasteiger partial charge on any atom is -0.443 e. The number of rotatable bonds is 5. The Balaban J connectivity index is 1.64. The highest BCUT2D eigenvalue weighted by Crippen LogP contribution is 2.19. The van der Waals surface area contributed by atoms with E-state index in [1.807, 2.05) is 19.1 Å². The Kier molecular flexibility index (Phi) is 4.90. The lowest BCUT2D eigenvalue weighted by Gasteiger charge is -2.07. The average molecular weight is 360 g/mol. The number of nitrogens with one attached hydrogen (secondary N) is 1. The summed E-state index contributed by atoms with van der Waals surface area (Å²) in [6.07, 6.45) is 1.60. The lowest BCUT2D eigenvalue weighted by molar-refractivity contribution is -0.121. The van der Waals surface area contributed by atoms with Crippen LogP contribution < -0.4 is 10.9 Å². The molecule has 2 heterocycles. The Morgan fingerprint density at radius 1 is 1.36 bits per heavy atom. The number of aromatic nitrogens is 2. The molecule has 0 fully saturated rings. The van der Waals surface area contributed by atoms with E-state index in [9.17, 15) is 9.59 Å². The van der Waals surface area contributed by atoms with Gasteiger partial charge in [0.2, 0.25) is 11.6 Å². The van der Waals surface area contributed by atoms with E-state index in [1.54, 1.807) is 19.1 Å². The van der Waals surface area contributed by atoms with Crippen LogP contribution in [0, 0.1) is 13.8 Å². The number of benzene rings is 1. The van der Waals surface area contributed by atoms with E-state index in [4.69, 9.17) is 16.0 Å². The van der Waals surface area contributed by atoms with E-state index in [2.05, 4.69) is 10.3 Å². The number of fused-ring (bicyclic) bond motifs is 1. The summed E-state index contributed by atoms with van der Waals surface area (Å²) in [6.45, 7) is 4.27. The number of nitrogens with zero attached hydrogens (tertiary/aromatic N) is 2. The second-order valence-electron chi connectivity index (χ2n) is 5.86. The standard InChI is InChI=1S/C18H18ClN3O3/c1-11-12(2)25-17-16(11)18(24)22(10-21-17)7-6-15(23)20-9-13-4-3-5-14(19)8-13/h3-5,8,10H,6-7,9H2,1-2H3,(H,20,23). The number of hydrogen-bond acceptors (Lipinski definition) is 4. The average Bonchev–Trinajstić information content (AvgIpc) is 2.87. The highest BCUT2D eigenvalue weighted by atomic mass is 35.5. The molecule has 0 aliphatic rings. The van der Waals surface area contributed by atoms with E-state index >= 15 is 0 Å². The predicted octanol–water partition coefficient (Wildman–Crippen LogP) is 2.97. The first kappa shape index (κ1) is 17.2. The van der Waals surface area contributed by atoms with E-state index in [0.29, 0.717) is 28.4 Å². The molecule has 130 valence electrons. The summed E-state index contributed by atoms with van der Waals surface area (Å²) in [5, 5.41) is 3.92. The minimum absolute atomic E-state index is 0.146. The molecule has 1 N–H and O–H groups in total. The van der Waals surface area contributed by atoms with Crippen molar-refractivity contribution in [2.24, 2.45) is 0 Å². The van der Waals surface area contributed by atoms with Crippen molar-refractivity contribution in [1.82, 2.24) is 14.9 Å². The van der Waals surface area contributed by atoms with Crippen LogP contribution in [0.2, 0.25) is 5.02 Å². The van der Waals surface area contributed by atoms with Crippen LogP contribution in [0.5, 0.6) is 0 Å². The third-order valence-corrected chi connectivity index (χ3v) is 4.35. The Hall–Kier alpha value is -2.60. The van der Waals surface area contributed by atoms with Gasteiger partial charge in [0.15, 0.2) is 0 Å². The zero-order chi connectivity index (χ0) is 18.0. The van der Waals surface area contributed by atoms with E-state index in [1.165, 1.54) is 10.9 Å². The first-order valence-corrected chi connectivity index (χ1v) is 8.30. The molecular weight excluding hydrogens is 342 g/mol. The van der Waals surface area contributed by atoms with Crippen LogP contribution in [0.1, 0.15) is 23.3 Å². The van der Waals surface area contributed by atoms with Crippen molar-refractivity contribution >= 4 is 28.6 Å². The summed E-state index contributed by atoms with van der Waals surface area (Å²) < 4.78 is 6.88. The molecule has 3 aromatic rings. The maximum absolute atomic E-state index is 12.5. The monoisotopic (exact) mass is 359 g/mol. The zero-order valence-electron chi connectivity index (χ0n) is 14.0. The van der Waals surface area contributed by atoms with Crippen molar-refractivity contribution in [3.05, 3.63) is 62.9 Å². The van der Waals surface area contributed by atoms with E-state index in [0.717, 1.165) is 11.1 Å². The van der Waals surface area contributed by atoms with Crippen LogP contribution in [-0.2, 0) is 17.9 Å². The number of furan rings is 1. The van der Waals surface area contributed by atoms with Gasteiger partial charge in [-0.25, -0.2) is 4.98 Å². The molecule has 0 aliphatic heterocycles. The Bertz CT molecular complexity index is 991. The van der Waals surface area contributed by atoms with Crippen LogP contribution in [0.4, 0.5) is 0 Å². The molecular formula is C18H18ClN3O3. The summed E-state index contributed by atoms with van der Waals surface area (Å²) in [4.78, 5) is 28.7. The lowest BCUT2D eigenvalue weighted by Crippen LogP contribution is -2.27. The maximum Gasteiger partial charge on any atom is 0.264 e. The van der Waals surface area contributed by atoms with Crippen LogP contribution in [0.15, 0.2) is 39.8 Å². The number of carbonyl (C=O) groups excluding carboxylic acids is 1. The van der Waals surface area contributed by atoms with Crippen LogP contribution in [0.25, 0.3) is 11.1 Å². The summed E-state index contributed by atoms with van der Waals surface area (Å²) in [5.41, 5.74) is 1.85. The second kappa shape index (κ2) is 7.11. The maximum atomic E-state index is 12.5.